The molecule has 38 heavy (non-hydrogen) atoms. The molecule has 2 N–H and O–H groups in total. The summed E-state index contributed by atoms with van der Waals surface area (Å²) in [7, 11) is 0. The number of carboxylic acids is 1. The SMILES string of the molecule is CCSc1ccc(COc2ccc(CCC(=O)O)c(C(=O)NC(CC(C)C)c3cc(C)cc(C)c3)c2)cc1. The van der Waals surface area contributed by atoms with Gasteiger partial charge in [0, 0.05) is 16.9 Å². The fourth-order valence-electron chi connectivity index (χ4n) is 4.53. The molecule has 1 atom stereocenters. The van der Waals surface area contributed by atoms with E-state index in [2.05, 4.69) is 70.3 Å². The van der Waals surface area contributed by atoms with Crippen molar-refractivity contribution in [3.8, 4) is 5.75 Å². The predicted octanol–water partition coefficient (Wildman–Crippen LogP) is 7.53. The van der Waals surface area contributed by atoms with Gasteiger partial charge in [0.15, 0.2) is 0 Å². The number of carbonyl (C=O) groups is 2. The summed E-state index contributed by atoms with van der Waals surface area (Å²) in [5, 5.41) is 12.5. The van der Waals surface area contributed by atoms with Gasteiger partial charge in [-0.25, -0.2) is 0 Å². The largest absolute Gasteiger partial charge is 0.489 e. The molecule has 0 spiro atoms. The molecule has 1 amide bonds. The molecule has 0 aliphatic heterocycles. The number of ether oxygens (including phenoxy) is 1. The summed E-state index contributed by atoms with van der Waals surface area (Å²) >= 11 is 1.79. The van der Waals surface area contributed by atoms with Crippen molar-refractivity contribution in [1.82, 2.24) is 5.32 Å². The van der Waals surface area contributed by atoms with Crippen molar-refractivity contribution in [2.45, 2.75) is 71.4 Å². The van der Waals surface area contributed by atoms with Gasteiger partial charge in [0.25, 0.3) is 5.91 Å². The van der Waals surface area contributed by atoms with E-state index in [-0.39, 0.29) is 24.8 Å². The minimum absolute atomic E-state index is 0.0465. The highest BCUT2D eigenvalue weighted by Gasteiger charge is 2.21. The van der Waals surface area contributed by atoms with Crippen LogP contribution in [0.25, 0.3) is 0 Å². The molecule has 0 aliphatic rings. The van der Waals surface area contributed by atoms with Crippen molar-refractivity contribution < 1.29 is 19.4 Å². The first-order valence-corrected chi connectivity index (χ1v) is 14.2. The molecule has 3 aromatic rings. The van der Waals surface area contributed by atoms with Gasteiger partial charge in [0.1, 0.15) is 12.4 Å². The van der Waals surface area contributed by atoms with Crippen LogP contribution in [0.15, 0.2) is 65.6 Å². The van der Waals surface area contributed by atoms with E-state index in [0.717, 1.165) is 34.4 Å². The number of benzene rings is 3. The Morgan fingerprint density at radius 3 is 2.26 bits per heavy atom. The second-order valence-electron chi connectivity index (χ2n) is 10.2. The molecule has 3 rings (SSSR count). The van der Waals surface area contributed by atoms with Crippen molar-refractivity contribution >= 4 is 23.6 Å². The minimum Gasteiger partial charge on any atom is -0.489 e. The number of amides is 1. The standard InChI is InChI=1S/C32H39NO4S/c1-6-38-28-12-7-24(8-13-28)20-37-27-11-9-25(10-14-31(34)35)29(19-27)32(36)33-30(15-21(2)3)26-17-22(4)16-23(5)18-26/h7-9,11-13,16-19,21,30H,6,10,14-15,20H2,1-5H3,(H,33,36)(H,34,35). The Hall–Kier alpha value is -3.25. The molecule has 0 radical (unpaired) electrons. The second kappa shape index (κ2) is 14.1. The summed E-state index contributed by atoms with van der Waals surface area (Å²) in [5.74, 6) is 0.865. The van der Waals surface area contributed by atoms with Crippen molar-refractivity contribution in [2.75, 3.05) is 5.75 Å². The van der Waals surface area contributed by atoms with Gasteiger partial charge in [-0.3, -0.25) is 9.59 Å². The lowest BCUT2D eigenvalue weighted by Crippen LogP contribution is -2.30. The first kappa shape index (κ1) is 29.3. The third-order valence-corrected chi connectivity index (χ3v) is 7.13. The fraction of sp³-hybridized carbons (Fsp3) is 0.375. The first-order valence-electron chi connectivity index (χ1n) is 13.2. The molecule has 0 aromatic heterocycles. The van der Waals surface area contributed by atoms with Crippen LogP contribution in [0.2, 0.25) is 0 Å². The smallest absolute Gasteiger partial charge is 0.303 e. The Bertz CT molecular complexity index is 1220. The van der Waals surface area contributed by atoms with Gasteiger partial charge < -0.3 is 15.2 Å². The number of thioether (sulfide) groups is 1. The molecule has 0 heterocycles. The highest BCUT2D eigenvalue weighted by Crippen LogP contribution is 2.26. The Kier molecular flexibility index (Phi) is 10.8. The monoisotopic (exact) mass is 533 g/mol. The van der Waals surface area contributed by atoms with Crippen molar-refractivity contribution in [3.63, 3.8) is 0 Å². The molecule has 3 aromatic carbocycles. The number of aryl methyl sites for hydroxylation is 3. The number of nitrogens with one attached hydrogen (secondary N) is 1. The van der Waals surface area contributed by atoms with Crippen LogP contribution in [-0.4, -0.2) is 22.7 Å². The van der Waals surface area contributed by atoms with Crippen LogP contribution in [0.4, 0.5) is 0 Å². The van der Waals surface area contributed by atoms with Crippen LogP contribution in [0.5, 0.6) is 5.75 Å². The van der Waals surface area contributed by atoms with Crippen LogP contribution >= 0.6 is 11.8 Å². The normalized spacial score (nSPS) is 11.8. The maximum absolute atomic E-state index is 13.7. The topological polar surface area (TPSA) is 75.6 Å². The minimum atomic E-state index is -0.894. The van der Waals surface area contributed by atoms with Crippen molar-refractivity contribution in [2.24, 2.45) is 5.92 Å². The number of aliphatic carboxylic acids is 1. The van der Waals surface area contributed by atoms with Crippen LogP contribution in [0, 0.1) is 19.8 Å². The highest BCUT2D eigenvalue weighted by molar-refractivity contribution is 7.99. The Labute approximate surface area is 231 Å². The summed E-state index contributed by atoms with van der Waals surface area (Å²) in [5.41, 5.74) is 5.58. The average Bonchev–Trinajstić information content (AvgIpc) is 2.86. The van der Waals surface area contributed by atoms with Gasteiger partial charge in [-0.2, -0.15) is 0 Å². The molecular weight excluding hydrogens is 494 g/mol. The quantitative estimate of drug-likeness (QED) is 0.222. The lowest BCUT2D eigenvalue weighted by atomic mass is 9.93. The average molecular weight is 534 g/mol. The number of hydrogen-bond donors (Lipinski definition) is 2. The van der Waals surface area contributed by atoms with Crippen LogP contribution in [0.1, 0.15) is 77.8 Å². The summed E-state index contributed by atoms with van der Waals surface area (Å²) in [6.07, 6.45) is 1.02. The van der Waals surface area contributed by atoms with E-state index >= 15 is 0 Å². The Morgan fingerprint density at radius 2 is 1.66 bits per heavy atom. The molecule has 6 heteroatoms. The van der Waals surface area contributed by atoms with E-state index in [9.17, 15) is 14.7 Å². The molecule has 1 unspecified atom stereocenters. The van der Waals surface area contributed by atoms with E-state index in [1.54, 1.807) is 17.8 Å². The van der Waals surface area contributed by atoms with E-state index in [1.807, 2.05) is 24.3 Å². The number of rotatable bonds is 13. The van der Waals surface area contributed by atoms with Crippen LogP contribution in [0.3, 0.4) is 0 Å². The molecule has 0 fully saturated rings. The molecule has 0 saturated carbocycles. The first-order chi connectivity index (χ1) is 18.1. The van der Waals surface area contributed by atoms with Gasteiger partial charge in [0.05, 0.1) is 6.04 Å². The van der Waals surface area contributed by atoms with Crippen LogP contribution in [-0.2, 0) is 17.8 Å². The van der Waals surface area contributed by atoms with E-state index in [0.29, 0.717) is 29.4 Å². The highest BCUT2D eigenvalue weighted by atomic mass is 32.2. The number of carboxylic acid groups (broad SMARTS) is 1. The molecule has 0 bridgehead atoms. The molecule has 0 aliphatic carbocycles. The van der Waals surface area contributed by atoms with Crippen LogP contribution < -0.4 is 10.1 Å². The molecular formula is C32H39NO4S. The zero-order chi connectivity index (χ0) is 27.7. The lowest BCUT2D eigenvalue weighted by molar-refractivity contribution is -0.136. The van der Waals surface area contributed by atoms with Gasteiger partial charge in [-0.05, 0) is 79.3 Å². The summed E-state index contributed by atoms with van der Waals surface area (Å²) in [6, 6.07) is 19.8. The number of hydrogen-bond acceptors (Lipinski definition) is 4. The van der Waals surface area contributed by atoms with Gasteiger partial charge in [-0.15, -0.1) is 11.8 Å². The molecule has 0 saturated heterocycles. The Balaban J connectivity index is 1.84. The predicted molar refractivity (Wildman–Crippen MR) is 155 cm³/mol. The maximum atomic E-state index is 13.7. The fourth-order valence-corrected chi connectivity index (χ4v) is 5.19. The van der Waals surface area contributed by atoms with E-state index < -0.39 is 5.97 Å². The summed E-state index contributed by atoms with van der Waals surface area (Å²) in [6.45, 7) is 10.9. The van der Waals surface area contributed by atoms with Crippen molar-refractivity contribution in [3.05, 3.63) is 94.0 Å². The third-order valence-electron chi connectivity index (χ3n) is 6.23. The van der Waals surface area contributed by atoms with Gasteiger partial charge in [-0.1, -0.05) is 68.3 Å². The number of carbonyl (C=O) groups excluding carboxylic acids is 1. The summed E-state index contributed by atoms with van der Waals surface area (Å²) in [4.78, 5) is 26.1. The Morgan fingerprint density at radius 1 is 0.974 bits per heavy atom. The second-order valence-corrected chi connectivity index (χ2v) is 11.5. The van der Waals surface area contributed by atoms with Gasteiger partial charge >= 0.3 is 5.97 Å². The van der Waals surface area contributed by atoms with Gasteiger partial charge in [0.2, 0.25) is 0 Å². The molecule has 5 nitrogen and oxygen atoms in total. The van der Waals surface area contributed by atoms with E-state index in [1.165, 1.54) is 4.90 Å². The lowest BCUT2D eigenvalue weighted by Gasteiger charge is -2.23. The van der Waals surface area contributed by atoms with E-state index in [4.69, 9.17) is 4.74 Å². The van der Waals surface area contributed by atoms with Crippen molar-refractivity contribution in [1.29, 1.82) is 0 Å². The zero-order valence-corrected chi connectivity index (χ0v) is 23.9. The summed E-state index contributed by atoms with van der Waals surface area (Å²) < 4.78 is 6.05. The molecule has 202 valence electrons. The maximum Gasteiger partial charge on any atom is 0.303 e. The third kappa shape index (κ3) is 8.95. The zero-order valence-electron chi connectivity index (χ0n) is 23.0.